The van der Waals surface area contributed by atoms with Crippen molar-refractivity contribution in [1.29, 1.82) is 0 Å². The molecule has 0 amide bonds. The third kappa shape index (κ3) is 5.46. The standard InChI is InChI=1S/C17H33NO3Si/c1-4-11-18(16-9-6-5-7-10-16)14-17-15-20-12-8-13-22(3,19-2)21-17/h4,16-17H,1,5-15H2,2-3H3. The molecule has 22 heavy (non-hydrogen) atoms. The van der Waals surface area contributed by atoms with Gasteiger partial charge in [-0.1, -0.05) is 25.3 Å². The lowest BCUT2D eigenvalue weighted by Crippen LogP contribution is -2.50. The fourth-order valence-corrected chi connectivity index (χ4v) is 5.69. The van der Waals surface area contributed by atoms with Crippen molar-refractivity contribution in [3.8, 4) is 0 Å². The second-order valence-electron chi connectivity index (χ2n) is 6.79. The molecule has 0 N–H and O–H groups in total. The van der Waals surface area contributed by atoms with E-state index in [1.807, 2.05) is 6.08 Å². The summed E-state index contributed by atoms with van der Waals surface area (Å²) in [4.78, 5) is 2.55. The first-order valence-corrected chi connectivity index (χ1v) is 11.3. The van der Waals surface area contributed by atoms with Crippen LogP contribution in [0.1, 0.15) is 38.5 Å². The molecule has 128 valence electrons. The largest absolute Gasteiger partial charge is 0.398 e. The monoisotopic (exact) mass is 327 g/mol. The van der Waals surface area contributed by atoms with E-state index in [0.29, 0.717) is 12.6 Å². The fourth-order valence-electron chi connectivity index (χ4n) is 3.64. The Morgan fingerprint density at radius 3 is 2.73 bits per heavy atom. The van der Waals surface area contributed by atoms with Gasteiger partial charge in [0.05, 0.1) is 12.7 Å². The Labute approximate surface area is 137 Å². The first-order chi connectivity index (χ1) is 10.7. The molecular formula is C17H33NO3Si. The molecule has 1 aliphatic carbocycles. The van der Waals surface area contributed by atoms with Crippen LogP contribution in [0.2, 0.25) is 12.6 Å². The highest BCUT2D eigenvalue weighted by molar-refractivity contribution is 6.66. The van der Waals surface area contributed by atoms with Crippen LogP contribution < -0.4 is 0 Å². The van der Waals surface area contributed by atoms with Crippen molar-refractivity contribution >= 4 is 8.56 Å². The SMILES string of the molecule is C=CCN(CC1COCCC[Si](C)(OC)O1)C1CCCCC1. The van der Waals surface area contributed by atoms with Crippen molar-refractivity contribution in [2.24, 2.45) is 0 Å². The van der Waals surface area contributed by atoms with E-state index in [1.54, 1.807) is 7.11 Å². The topological polar surface area (TPSA) is 30.9 Å². The van der Waals surface area contributed by atoms with E-state index >= 15 is 0 Å². The second-order valence-corrected chi connectivity index (χ2v) is 10.2. The third-order valence-corrected chi connectivity index (χ3v) is 7.92. The molecule has 2 unspecified atom stereocenters. The van der Waals surface area contributed by atoms with E-state index in [-0.39, 0.29) is 6.10 Å². The average Bonchev–Trinajstić information content (AvgIpc) is 2.52. The lowest BCUT2D eigenvalue weighted by atomic mass is 9.94. The van der Waals surface area contributed by atoms with E-state index < -0.39 is 8.56 Å². The third-order valence-electron chi connectivity index (χ3n) is 4.96. The van der Waals surface area contributed by atoms with Gasteiger partial charge >= 0.3 is 8.56 Å². The molecule has 1 saturated heterocycles. The summed E-state index contributed by atoms with van der Waals surface area (Å²) in [7, 11) is -0.228. The van der Waals surface area contributed by atoms with E-state index in [2.05, 4.69) is 18.0 Å². The Hall–Kier alpha value is -0.203. The Morgan fingerprint density at radius 1 is 1.27 bits per heavy atom. The van der Waals surface area contributed by atoms with Crippen molar-refractivity contribution in [2.75, 3.05) is 33.4 Å². The molecule has 2 atom stereocenters. The summed E-state index contributed by atoms with van der Waals surface area (Å²) in [5.41, 5.74) is 0. The molecule has 1 saturated carbocycles. The summed E-state index contributed by atoms with van der Waals surface area (Å²) in [6.45, 7) is 9.51. The molecule has 1 aliphatic heterocycles. The van der Waals surface area contributed by atoms with Crippen LogP contribution in [0.3, 0.4) is 0 Å². The number of nitrogens with zero attached hydrogens (tertiary/aromatic N) is 1. The van der Waals surface area contributed by atoms with Gasteiger partial charge in [0, 0.05) is 32.8 Å². The van der Waals surface area contributed by atoms with Crippen LogP contribution in [0.25, 0.3) is 0 Å². The van der Waals surface area contributed by atoms with E-state index in [0.717, 1.165) is 32.2 Å². The summed E-state index contributed by atoms with van der Waals surface area (Å²) in [6.07, 6.45) is 9.89. The maximum atomic E-state index is 6.41. The van der Waals surface area contributed by atoms with Gasteiger partial charge in [-0.05, 0) is 31.9 Å². The first kappa shape index (κ1) is 18.1. The van der Waals surface area contributed by atoms with Crippen LogP contribution in [0.15, 0.2) is 12.7 Å². The summed E-state index contributed by atoms with van der Waals surface area (Å²) in [5.74, 6) is 0. The molecule has 0 bridgehead atoms. The van der Waals surface area contributed by atoms with Crippen molar-refractivity contribution in [1.82, 2.24) is 4.90 Å². The molecule has 0 radical (unpaired) electrons. The number of ether oxygens (including phenoxy) is 1. The van der Waals surface area contributed by atoms with Crippen LogP contribution in [0, 0.1) is 0 Å². The molecule has 2 aliphatic rings. The minimum absolute atomic E-state index is 0.124. The number of rotatable bonds is 6. The van der Waals surface area contributed by atoms with Gasteiger partial charge in [0.15, 0.2) is 0 Å². The summed E-state index contributed by atoms with van der Waals surface area (Å²) in [6, 6.07) is 1.70. The molecule has 0 spiro atoms. The van der Waals surface area contributed by atoms with Crippen LogP contribution in [-0.4, -0.2) is 59.0 Å². The molecule has 2 rings (SSSR count). The number of hydrogen-bond donors (Lipinski definition) is 0. The second kappa shape index (κ2) is 9.18. The quantitative estimate of drug-likeness (QED) is 0.553. The molecule has 5 heteroatoms. The Morgan fingerprint density at radius 2 is 2.05 bits per heavy atom. The van der Waals surface area contributed by atoms with Gasteiger partial charge in [-0.25, -0.2) is 0 Å². The summed E-state index contributed by atoms with van der Waals surface area (Å²) in [5, 5.41) is 0. The maximum Gasteiger partial charge on any atom is 0.335 e. The van der Waals surface area contributed by atoms with Gasteiger partial charge in [0.25, 0.3) is 0 Å². The highest BCUT2D eigenvalue weighted by atomic mass is 28.4. The van der Waals surface area contributed by atoms with Crippen molar-refractivity contribution in [3.63, 3.8) is 0 Å². The van der Waals surface area contributed by atoms with Gasteiger partial charge in [0.2, 0.25) is 0 Å². The minimum atomic E-state index is -2.03. The van der Waals surface area contributed by atoms with Gasteiger partial charge in [0.1, 0.15) is 0 Å². The Kier molecular flexibility index (Phi) is 7.57. The van der Waals surface area contributed by atoms with Crippen LogP contribution in [0.5, 0.6) is 0 Å². The van der Waals surface area contributed by atoms with Gasteiger partial charge in [-0.2, -0.15) is 0 Å². The molecule has 0 aromatic carbocycles. The summed E-state index contributed by atoms with van der Waals surface area (Å²) >= 11 is 0. The zero-order valence-electron chi connectivity index (χ0n) is 14.4. The van der Waals surface area contributed by atoms with E-state index in [9.17, 15) is 0 Å². The molecule has 2 fully saturated rings. The van der Waals surface area contributed by atoms with Crippen molar-refractivity contribution in [3.05, 3.63) is 12.7 Å². The van der Waals surface area contributed by atoms with Gasteiger partial charge in [-0.3, -0.25) is 4.90 Å². The zero-order valence-corrected chi connectivity index (χ0v) is 15.4. The first-order valence-electron chi connectivity index (χ1n) is 8.82. The van der Waals surface area contributed by atoms with E-state index in [1.165, 1.54) is 32.1 Å². The molecule has 0 aromatic rings. The predicted molar refractivity (Wildman–Crippen MR) is 92.4 cm³/mol. The highest BCUT2D eigenvalue weighted by Gasteiger charge is 2.35. The minimum Gasteiger partial charge on any atom is -0.398 e. The van der Waals surface area contributed by atoms with Crippen LogP contribution in [0.4, 0.5) is 0 Å². The van der Waals surface area contributed by atoms with E-state index in [4.69, 9.17) is 13.6 Å². The predicted octanol–water partition coefficient (Wildman–Crippen LogP) is 3.33. The average molecular weight is 328 g/mol. The lowest BCUT2D eigenvalue weighted by molar-refractivity contribution is -0.00652. The van der Waals surface area contributed by atoms with Crippen molar-refractivity contribution in [2.45, 2.75) is 63.3 Å². The molecule has 0 aromatic heterocycles. The van der Waals surface area contributed by atoms with Gasteiger partial charge < -0.3 is 13.6 Å². The molecule has 1 heterocycles. The zero-order chi connectivity index (χ0) is 15.8. The number of hydrogen-bond acceptors (Lipinski definition) is 4. The fraction of sp³-hybridized carbons (Fsp3) is 0.882. The Bertz CT molecular complexity index is 336. The molecule has 4 nitrogen and oxygen atoms in total. The summed E-state index contributed by atoms with van der Waals surface area (Å²) < 4.78 is 17.9. The van der Waals surface area contributed by atoms with Crippen LogP contribution in [-0.2, 0) is 13.6 Å². The normalized spacial score (nSPS) is 31.7. The molecular weight excluding hydrogens is 294 g/mol. The maximum absolute atomic E-state index is 6.41. The van der Waals surface area contributed by atoms with Gasteiger partial charge in [-0.15, -0.1) is 6.58 Å². The van der Waals surface area contributed by atoms with Crippen molar-refractivity contribution < 1.29 is 13.6 Å². The smallest absolute Gasteiger partial charge is 0.335 e. The van der Waals surface area contributed by atoms with Crippen LogP contribution >= 0.6 is 0 Å². The Balaban J connectivity index is 1.97. The lowest BCUT2D eigenvalue weighted by Gasteiger charge is -2.39. The highest BCUT2D eigenvalue weighted by Crippen LogP contribution is 2.25.